The molecular formula is C15H19ClN6OS. The second-order valence-corrected chi connectivity index (χ2v) is 6.88. The lowest BCUT2D eigenvalue weighted by Crippen LogP contribution is -2.46. The van der Waals surface area contributed by atoms with E-state index in [0.717, 1.165) is 38.5 Å². The van der Waals surface area contributed by atoms with Crippen LogP contribution in [0.2, 0.25) is 0 Å². The number of carbonyl (C=O) groups excluding carboxylic acids is 1. The van der Waals surface area contributed by atoms with E-state index < -0.39 is 5.24 Å². The number of anilines is 3. The summed E-state index contributed by atoms with van der Waals surface area (Å²) in [6.45, 7) is 9.10. The smallest absolute Gasteiger partial charge is 0.264 e. The van der Waals surface area contributed by atoms with Crippen LogP contribution in [-0.2, 0) is 0 Å². The quantitative estimate of drug-likeness (QED) is 0.815. The minimum absolute atomic E-state index is 0.404. The van der Waals surface area contributed by atoms with Crippen molar-refractivity contribution in [3.05, 3.63) is 23.0 Å². The Kier molecular flexibility index (Phi) is 5.27. The maximum Gasteiger partial charge on any atom is 0.264 e. The third-order valence-corrected chi connectivity index (χ3v) is 5.13. The predicted molar refractivity (Wildman–Crippen MR) is 96.7 cm³/mol. The highest BCUT2D eigenvalue weighted by molar-refractivity contribution is 7.19. The number of thiazole rings is 1. The third kappa shape index (κ3) is 4.00. The minimum Gasteiger partial charge on any atom is -0.354 e. The van der Waals surface area contributed by atoms with E-state index in [4.69, 9.17) is 11.6 Å². The Hall–Kier alpha value is -1.77. The van der Waals surface area contributed by atoms with Gasteiger partial charge in [0, 0.05) is 32.2 Å². The first kappa shape index (κ1) is 17.1. The van der Waals surface area contributed by atoms with Crippen LogP contribution in [0.3, 0.4) is 0 Å². The number of piperazine rings is 1. The summed E-state index contributed by atoms with van der Waals surface area (Å²) in [6, 6.07) is 1.91. The number of likely N-dealkylation sites (N-methyl/N-ethyl adjacent to an activating group) is 1. The van der Waals surface area contributed by atoms with Crippen LogP contribution in [0, 0.1) is 6.92 Å². The highest BCUT2D eigenvalue weighted by Crippen LogP contribution is 2.25. The molecule has 2 aromatic heterocycles. The standard InChI is InChI=1S/C15H19ClN6OS/c1-3-21-4-6-22(7-5-21)13-8-12(18-10(2)19-13)20-15-17-9-11(24-15)14(16)23/h8-9H,3-7H2,1-2H3,(H,17,18,19,20). The zero-order chi connectivity index (χ0) is 17.1. The molecule has 0 unspecified atom stereocenters. The van der Waals surface area contributed by atoms with Gasteiger partial charge in [0.05, 0.1) is 6.20 Å². The van der Waals surface area contributed by atoms with Crippen molar-refractivity contribution >= 4 is 44.9 Å². The first-order valence-corrected chi connectivity index (χ1v) is 9.00. The van der Waals surface area contributed by atoms with Crippen molar-refractivity contribution in [3.63, 3.8) is 0 Å². The van der Waals surface area contributed by atoms with Crippen LogP contribution in [0.4, 0.5) is 16.8 Å². The van der Waals surface area contributed by atoms with Crippen molar-refractivity contribution in [2.45, 2.75) is 13.8 Å². The predicted octanol–water partition coefficient (Wildman–Crippen LogP) is 2.51. The molecule has 1 N–H and O–H groups in total. The molecule has 9 heteroatoms. The van der Waals surface area contributed by atoms with Gasteiger partial charge in [0.25, 0.3) is 5.24 Å². The average Bonchev–Trinajstić information content (AvgIpc) is 3.03. The van der Waals surface area contributed by atoms with E-state index in [1.54, 1.807) is 0 Å². The second kappa shape index (κ2) is 7.42. The van der Waals surface area contributed by atoms with E-state index in [-0.39, 0.29) is 0 Å². The maximum atomic E-state index is 11.1. The topological polar surface area (TPSA) is 74.2 Å². The molecule has 0 amide bonds. The van der Waals surface area contributed by atoms with Gasteiger partial charge in [0.1, 0.15) is 22.3 Å². The van der Waals surface area contributed by atoms with Crippen LogP contribution in [0.15, 0.2) is 12.3 Å². The van der Waals surface area contributed by atoms with E-state index >= 15 is 0 Å². The summed E-state index contributed by atoms with van der Waals surface area (Å²) in [6.07, 6.45) is 1.46. The van der Waals surface area contributed by atoms with Crippen molar-refractivity contribution in [1.29, 1.82) is 0 Å². The Morgan fingerprint density at radius 1 is 1.33 bits per heavy atom. The molecule has 3 rings (SSSR count). The molecule has 7 nitrogen and oxygen atoms in total. The molecule has 0 saturated carbocycles. The summed E-state index contributed by atoms with van der Waals surface area (Å²) in [4.78, 5) is 29.3. The number of nitrogens with one attached hydrogen (secondary N) is 1. The highest BCUT2D eigenvalue weighted by Gasteiger charge is 2.18. The zero-order valence-electron chi connectivity index (χ0n) is 13.6. The molecule has 0 radical (unpaired) electrons. The van der Waals surface area contributed by atoms with Gasteiger partial charge < -0.3 is 15.1 Å². The molecular weight excluding hydrogens is 348 g/mol. The minimum atomic E-state index is -0.506. The SMILES string of the molecule is CCN1CCN(c2cc(Nc3ncc(C(=O)Cl)s3)nc(C)n2)CC1. The van der Waals surface area contributed by atoms with Crippen LogP contribution >= 0.6 is 22.9 Å². The van der Waals surface area contributed by atoms with Crippen molar-refractivity contribution in [2.24, 2.45) is 0 Å². The molecule has 1 fully saturated rings. The Bertz CT molecular complexity index is 729. The number of rotatable bonds is 5. The van der Waals surface area contributed by atoms with Crippen LogP contribution in [-0.4, -0.2) is 57.8 Å². The van der Waals surface area contributed by atoms with Crippen LogP contribution in [0.25, 0.3) is 0 Å². The lowest BCUT2D eigenvalue weighted by Gasteiger charge is -2.34. The van der Waals surface area contributed by atoms with Gasteiger partial charge in [0.2, 0.25) is 0 Å². The van der Waals surface area contributed by atoms with Gasteiger partial charge >= 0.3 is 0 Å². The van der Waals surface area contributed by atoms with E-state index in [0.29, 0.717) is 21.7 Å². The van der Waals surface area contributed by atoms with E-state index in [1.807, 2.05) is 13.0 Å². The first-order valence-electron chi connectivity index (χ1n) is 7.81. The first-order chi connectivity index (χ1) is 11.5. The van der Waals surface area contributed by atoms with Gasteiger partial charge in [-0.05, 0) is 25.1 Å². The molecule has 0 bridgehead atoms. The number of nitrogens with zero attached hydrogens (tertiary/aromatic N) is 5. The fourth-order valence-electron chi connectivity index (χ4n) is 2.60. The molecule has 1 saturated heterocycles. The molecule has 0 atom stereocenters. The number of halogens is 1. The zero-order valence-corrected chi connectivity index (χ0v) is 15.2. The van der Waals surface area contributed by atoms with Crippen LogP contribution < -0.4 is 10.2 Å². The van der Waals surface area contributed by atoms with Crippen LogP contribution in [0.5, 0.6) is 0 Å². The number of hydrogen-bond donors (Lipinski definition) is 1. The number of aromatic nitrogens is 3. The molecule has 128 valence electrons. The molecule has 0 spiro atoms. The largest absolute Gasteiger partial charge is 0.354 e. The number of carbonyl (C=O) groups is 1. The van der Waals surface area contributed by atoms with Crippen molar-refractivity contribution in [3.8, 4) is 0 Å². The van der Waals surface area contributed by atoms with Gasteiger partial charge in [-0.25, -0.2) is 15.0 Å². The third-order valence-electron chi connectivity index (χ3n) is 3.90. The van der Waals surface area contributed by atoms with Gasteiger partial charge in [0.15, 0.2) is 5.13 Å². The normalized spacial score (nSPS) is 15.5. The lowest BCUT2D eigenvalue weighted by atomic mass is 10.3. The summed E-state index contributed by atoms with van der Waals surface area (Å²) in [5, 5.41) is 3.20. The average molecular weight is 367 g/mol. The molecule has 2 aromatic rings. The maximum absolute atomic E-state index is 11.1. The number of aryl methyl sites for hydroxylation is 1. The molecule has 1 aliphatic heterocycles. The summed E-state index contributed by atoms with van der Waals surface area (Å²) in [5.74, 6) is 2.27. The summed E-state index contributed by atoms with van der Waals surface area (Å²) >= 11 is 6.66. The van der Waals surface area contributed by atoms with E-state index in [1.165, 1.54) is 17.5 Å². The van der Waals surface area contributed by atoms with Gasteiger partial charge in [-0.2, -0.15) is 0 Å². The van der Waals surface area contributed by atoms with Crippen molar-refractivity contribution in [2.75, 3.05) is 42.9 Å². The fraction of sp³-hybridized carbons (Fsp3) is 0.467. The molecule has 0 aliphatic carbocycles. The molecule has 3 heterocycles. The summed E-state index contributed by atoms with van der Waals surface area (Å²) in [5.41, 5.74) is 0. The number of hydrogen-bond acceptors (Lipinski definition) is 8. The van der Waals surface area contributed by atoms with Crippen molar-refractivity contribution < 1.29 is 4.79 Å². The van der Waals surface area contributed by atoms with E-state index in [9.17, 15) is 4.79 Å². The second-order valence-electron chi connectivity index (χ2n) is 5.51. The highest BCUT2D eigenvalue weighted by atomic mass is 35.5. The van der Waals surface area contributed by atoms with Gasteiger partial charge in [-0.15, -0.1) is 0 Å². The summed E-state index contributed by atoms with van der Waals surface area (Å²) < 4.78 is 0. The Balaban J connectivity index is 1.75. The Morgan fingerprint density at radius 2 is 2.08 bits per heavy atom. The van der Waals surface area contributed by atoms with Gasteiger partial charge in [-0.3, -0.25) is 4.79 Å². The fourth-order valence-corrected chi connectivity index (χ4v) is 3.42. The van der Waals surface area contributed by atoms with Crippen LogP contribution in [0.1, 0.15) is 22.4 Å². The molecule has 0 aromatic carbocycles. The Labute approximate surface area is 149 Å². The summed E-state index contributed by atoms with van der Waals surface area (Å²) in [7, 11) is 0. The lowest BCUT2D eigenvalue weighted by molar-refractivity contribution is 0.108. The van der Waals surface area contributed by atoms with Crippen molar-refractivity contribution in [1.82, 2.24) is 19.9 Å². The molecule has 1 aliphatic rings. The van der Waals surface area contributed by atoms with Gasteiger partial charge in [-0.1, -0.05) is 18.3 Å². The molecule has 24 heavy (non-hydrogen) atoms. The monoisotopic (exact) mass is 366 g/mol. The van der Waals surface area contributed by atoms with E-state index in [2.05, 4.69) is 37.0 Å². The Morgan fingerprint density at radius 3 is 2.71 bits per heavy atom.